The van der Waals surface area contributed by atoms with Crippen LogP contribution in [0.3, 0.4) is 0 Å². The van der Waals surface area contributed by atoms with Gasteiger partial charge in [-0.2, -0.15) is 0 Å². The highest BCUT2D eigenvalue weighted by atomic mass is 79.9. The lowest BCUT2D eigenvalue weighted by Gasteiger charge is -2.33. The summed E-state index contributed by atoms with van der Waals surface area (Å²) in [5.74, 6) is 0.674. The zero-order valence-corrected chi connectivity index (χ0v) is 12.5. The molecule has 1 aliphatic heterocycles. The molecular formula is C13H18BrN3O2. The topological polar surface area (TPSA) is 58.4 Å². The van der Waals surface area contributed by atoms with Gasteiger partial charge in [0, 0.05) is 23.6 Å². The van der Waals surface area contributed by atoms with Crippen molar-refractivity contribution in [2.45, 2.75) is 12.8 Å². The number of hydrogen-bond donors (Lipinski definition) is 1. The Labute approximate surface area is 121 Å². The van der Waals surface area contributed by atoms with E-state index >= 15 is 0 Å². The maximum Gasteiger partial charge on any atom is 0.292 e. The second-order valence-electron chi connectivity index (χ2n) is 4.88. The molecule has 0 unspecified atom stereocenters. The third-order valence-electron chi connectivity index (χ3n) is 3.58. The SMILES string of the molecule is CNCC1CCN(c2cc(Br)ccc2[N+](=O)[O-])CC1. The van der Waals surface area contributed by atoms with Gasteiger partial charge in [-0.15, -0.1) is 0 Å². The molecule has 0 bridgehead atoms. The first kappa shape index (κ1) is 14.3. The quantitative estimate of drug-likeness (QED) is 0.682. The standard InChI is InChI=1S/C13H18BrN3O2/c1-15-9-10-4-6-16(7-5-10)13-8-11(14)2-3-12(13)17(18)19/h2-3,8,10,15H,4-7,9H2,1H3. The van der Waals surface area contributed by atoms with Crippen LogP contribution in [-0.4, -0.2) is 31.6 Å². The minimum absolute atomic E-state index is 0.190. The maximum atomic E-state index is 11.1. The van der Waals surface area contributed by atoms with Crippen molar-refractivity contribution in [2.24, 2.45) is 5.92 Å². The van der Waals surface area contributed by atoms with E-state index in [-0.39, 0.29) is 10.6 Å². The summed E-state index contributed by atoms with van der Waals surface area (Å²) >= 11 is 3.39. The van der Waals surface area contributed by atoms with E-state index in [4.69, 9.17) is 0 Å². The molecule has 19 heavy (non-hydrogen) atoms. The normalized spacial score (nSPS) is 16.6. The van der Waals surface area contributed by atoms with Crippen molar-refractivity contribution in [1.29, 1.82) is 0 Å². The summed E-state index contributed by atoms with van der Waals surface area (Å²) in [6.45, 7) is 2.78. The van der Waals surface area contributed by atoms with Crippen molar-refractivity contribution < 1.29 is 4.92 Å². The van der Waals surface area contributed by atoms with Gasteiger partial charge in [0.2, 0.25) is 0 Å². The molecule has 0 spiro atoms. The van der Waals surface area contributed by atoms with Gasteiger partial charge >= 0.3 is 0 Å². The highest BCUT2D eigenvalue weighted by molar-refractivity contribution is 9.10. The molecule has 0 saturated carbocycles. The van der Waals surface area contributed by atoms with Gasteiger partial charge in [-0.05, 0) is 44.5 Å². The molecule has 1 fully saturated rings. The summed E-state index contributed by atoms with van der Waals surface area (Å²) < 4.78 is 0.880. The number of hydrogen-bond acceptors (Lipinski definition) is 4. The first-order valence-corrected chi connectivity index (χ1v) is 7.24. The number of piperidine rings is 1. The molecule has 0 atom stereocenters. The molecule has 1 aliphatic rings. The smallest absolute Gasteiger partial charge is 0.292 e. The van der Waals surface area contributed by atoms with Gasteiger partial charge in [0.1, 0.15) is 5.69 Å². The highest BCUT2D eigenvalue weighted by Gasteiger charge is 2.24. The van der Waals surface area contributed by atoms with Crippen molar-refractivity contribution in [3.63, 3.8) is 0 Å². The largest absolute Gasteiger partial charge is 0.366 e. The van der Waals surface area contributed by atoms with Gasteiger partial charge in [0.05, 0.1) is 4.92 Å². The number of nitrogens with one attached hydrogen (secondary N) is 1. The molecule has 0 aliphatic carbocycles. The van der Waals surface area contributed by atoms with Crippen LogP contribution in [0, 0.1) is 16.0 Å². The Kier molecular flexibility index (Phi) is 4.76. The first-order chi connectivity index (χ1) is 9.11. The molecule has 1 aromatic rings. The molecule has 1 N–H and O–H groups in total. The predicted octanol–water partition coefficient (Wildman–Crippen LogP) is 2.79. The summed E-state index contributed by atoms with van der Waals surface area (Å²) in [6.07, 6.45) is 2.15. The molecule has 6 heteroatoms. The second-order valence-corrected chi connectivity index (χ2v) is 5.79. The molecule has 5 nitrogen and oxygen atoms in total. The van der Waals surface area contributed by atoms with Gasteiger partial charge in [-0.3, -0.25) is 10.1 Å². The number of nitrogens with zero attached hydrogens (tertiary/aromatic N) is 2. The van der Waals surface area contributed by atoms with Crippen LogP contribution in [0.4, 0.5) is 11.4 Å². The van der Waals surface area contributed by atoms with E-state index in [1.165, 1.54) is 0 Å². The van der Waals surface area contributed by atoms with Crippen LogP contribution in [0.1, 0.15) is 12.8 Å². The summed E-state index contributed by atoms with van der Waals surface area (Å²) in [4.78, 5) is 12.9. The number of nitro groups is 1. The van der Waals surface area contributed by atoms with Crippen molar-refractivity contribution in [3.8, 4) is 0 Å². The summed E-state index contributed by atoms with van der Waals surface area (Å²) in [7, 11) is 1.96. The molecule has 2 rings (SSSR count). The van der Waals surface area contributed by atoms with Crippen LogP contribution in [0.25, 0.3) is 0 Å². The minimum atomic E-state index is -0.304. The lowest BCUT2D eigenvalue weighted by atomic mass is 9.96. The molecule has 1 aromatic carbocycles. The zero-order valence-electron chi connectivity index (χ0n) is 10.9. The summed E-state index contributed by atoms with van der Waals surface area (Å²) in [5.41, 5.74) is 0.914. The molecule has 0 aromatic heterocycles. The molecule has 1 heterocycles. The van der Waals surface area contributed by atoms with E-state index in [0.717, 1.165) is 42.6 Å². The number of nitro benzene ring substituents is 1. The maximum absolute atomic E-state index is 11.1. The number of halogens is 1. The Bertz CT molecular complexity index is 459. The van der Waals surface area contributed by atoms with Crippen molar-refractivity contribution in [1.82, 2.24) is 5.32 Å². The lowest BCUT2D eigenvalue weighted by Crippen LogP contribution is -2.37. The fourth-order valence-corrected chi connectivity index (χ4v) is 2.92. The highest BCUT2D eigenvalue weighted by Crippen LogP contribution is 2.33. The molecular weight excluding hydrogens is 310 g/mol. The van der Waals surface area contributed by atoms with E-state index in [0.29, 0.717) is 5.92 Å². The van der Waals surface area contributed by atoms with Gasteiger partial charge in [0.15, 0.2) is 0 Å². The monoisotopic (exact) mass is 327 g/mol. The van der Waals surface area contributed by atoms with Crippen LogP contribution in [0.2, 0.25) is 0 Å². The van der Waals surface area contributed by atoms with Crippen molar-refractivity contribution in [3.05, 3.63) is 32.8 Å². The van der Waals surface area contributed by atoms with Gasteiger partial charge in [-0.1, -0.05) is 15.9 Å². The summed E-state index contributed by atoms with van der Waals surface area (Å²) in [5, 5.41) is 14.3. The number of benzene rings is 1. The summed E-state index contributed by atoms with van der Waals surface area (Å²) in [6, 6.07) is 5.13. The third kappa shape index (κ3) is 3.45. The average molecular weight is 328 g/mol. The van der Waals surface area contributed by atoms with Gasteiger partial charge in [0.25, 0.3) is 5.69 Å². The van der Waals surface area contributed by atoms with Crippen LogP contribution in [-0.2, 0) is 0 Å². The minimum Gasteiger partial charge on any atom is -0.366 e. The van der Waals surface area contributed by atoms with E-state index in [2.05, 4.69) is 26.1 Å². The molecule has 1 saturated heterocycles. The van der Waals surface area contributed by atoms with E-state index in [9.17, 15) is 10.1 Å². The van der Waals surface area contributed by atoms with Gasteiger partial charge in [-0.25, -0.2) is 0 Å². The number of rotatable bonds is 4. The van der Waals surface area contributed by atoms with E-state index < -0.39 is 0 Å². The lowest BCUT2D eigenvalue weighted by molar-refractivity contribution is -0.384. The molecule has 104 valence electrons. The Morgan fingerprint density at radius 1 is 1.47 bits per heavy atom. The van der Waals surface area contributed by atoms with Crippen LogP contribution in [0.5, 0.6) is 0 Å². The fraction of sp³-hybridized carbons (Fsp3) is 0.538. The Hall–Kier alpha value is -1.14. The van der Waals surface area contributed by atoms with E-state index in [1.54, 1.807) is 12.1 Å². The fourth-order valence-electron chi connectivity index (χ4n) is 2.57. The van der Waals surface area contributed by atoms with Crippen molar-refractivity contribution >= 4 is 27.3 Å². The molecule has 0 amide bonds. The first-order valence-electron chi connectivity index (χ1n) is 6.45. The molecule has 0 radical (unpaired) electrons. The third-order valence-corrected chi connectivity index (χ3v) is 4.08. The van der Waals surface area contributed by atoms with Crippen molar-refractivity contribution in [2.75, 3.05) is 31.6 Å². The zero-order chi connectivity index (χ0) is 13.8. The second kappa shape index (κ2) is 6.34. The average Bonchev–Trinajstić information content (AvgIpc) is 2.39. The van der Waals surface area contributed by atoms with Crippen LogP contribution >= 0.6 is 15.9 Å². The van der Waals surface area contributed by atoms with Crippen LogP contribution < -0.4 is 10.2 Å². The Morgan fingerprint density at radius 3 is 2.74 bits per heavy atom. The Morgan fingerprint density at radius 2 is 2.16 bits per heavy atom. The van der Waals surface area contributed by atoms with E-state index in [1.807, 2.05) is 13.1 Å². The number of anilines is 1. The van der Waals surface area contributed by atoms with Crippen LogP contribution in [0.15, 0.2) is 22.7 Å². The predicted molar refractivity (Wildman–Crippen MR) is 79.7 cm³/mol. The van der Waals surface area contributed by atoms with Gasteiger partial charge < -0.3 is 10.2 Å². The Balaban J connectivity index is 2.14.